The first-order chi connectivity index (χ1) is 7.44. The second-order valence-electron chi connectivity index (χ2n) is 3.17. The van der Waals surface area contributed by atoms with Gasteiger partial charge in [-0.1, -0.05) is 0 Å². The highest BCUT2D eigenvalue weighted by molar-refractivity contribution is 5.87. The molecule has 0 aliphatic heterocycles. The second-order valence-corrected chi connectivity index (χ2v) is 3.17. The zero-order chi connectivity index (χ0) is 12.2. The lowest BCUT2D eigenvalue weighted by atomic mass is 10.4. The molecule has 0 radical (unpaired) electrons. The molecular weight excluding hydrogens is 223 g/mol. The smallest absolute Gasteiger partial charge is 0.390 e. The van der Waals surface area contributed by atoms with Crippen molar-refractivity contribution >= 4 is 5.97 Å². The number of nitrogens with zero attached hydrogens (tertiary/aromatic N) is 1. The van der Waals surface area contributed by atoms with E-state index in [9.17, 15) is 18.0 Å². The van der Waals surface area contributed by atoms with Crippen molar-refractivity contribution in [3.05, 3.63) is 24.0 Å². The third kappa shape index (κ3) is 3.60. The predicted octanol–water partition coefficient (Wildman–Crippen LogP) is 2.62. The summed E-state index contributed by atoms with van der Waals surface area (Å²) in [5, 5.41) is 0. The van der Waals surface area contributed by atoms with Gasteiger partial charge in [-0.25, -0.2) is 4.79 Å². The van der Waals surface area contributed by atoms with Crippen LogP contribution in [0.1, 0.15) is 23.8 Å². The highest BCUT2D eigenvalue weighted by atomic mass is 19.4. The largest absolute Gasteiger partial charge is 0.461 e. The van der Waals surface area contributed by atoms with Crippen LogP contribution in [0.25, 0.3) is 0 Å². The Morgan fingerprint density at radius 3 is 2.75 bits per heavy atom. The van der Waals surface area contributed by atoms with Gasteiger partial charge in [0.05, 0.1) is 13.0 Å². The standard InChI is InChI=1S/C10H12F3NO2/c1-2-16-9(15)8-4-3-6-14(8)7-5-10(11,12)13/h3-4,6H,2,5,7H2,1H3. The first-order valence-electron chi connectivity index (χ1n) is 4.83. The summed E-state index contributed by atoms with van der Waals surface area (Å²) in [6.45, 7) is 1.56. The average molecular weight is 235 g/mol. The summed E-state index contributed by atoms with van der Waals surface area (Å²) >= 11 is 0. The minimum Gasteiger partial charge on any atom is -0.461 e. The molecule has 0 aromatic carbocycles. The average Bonchev–Trinajstić information content (AvgIpc) is 2.61. The Morgan fingerprint density at radius 2 is 2.19 bits per heavy atom. The molecule has 1 aromatic heterocycles. The van der Waals surface area contributed by atoms with Gasteiger partial charge in [-0.2, -0.15) is 13.2 Å². The monoisotopic (exact) mass is 235 g/mol. The zero-order valence-electron chi connectivity index (χ0n) is 8.75. The Balaban J connectivity index is 2.67. The molecule has 0 aliphatic rings. The van der Waals surface area contributed by atoms with E-state index in [4.69, 9.17) is 4.74 Å². The van der Waals surface area contributed by atoms with E-state index < -0.39 is 18.6 Å². The lowest BCUT2D eigenvalue weighted by molar-refractivity contribution is -0.136. The highest BCUT2D eigenvalue weighted by Gasteiger charge is 2.27. The van der Waals surface area contributed by atoms with Gasteiger partial charge in [-0.05, 0) is 19.1 Å². The maximum atomic E-state index is 12.0. The molecule has 1 rings (SSSR count). The van der Waals surface area contributed by atoms with Crippen LogP contribution in [0.4, 0.5) is 13.2 Å². The molecule has 0 spiro atoms. The maximum absolute atomic E-state index is 12.0. The first-order valence-corrected chi connectivity index (χ1v) is 4.83. The van der Waals surface area contributed by atoms with E-state index in [1.54, 1.807) is 6.92 Å². The summed E-state index contributed by atoms with van der Waals surface area (Å²) in [5.74, 6) is -0.602. The van der Waals surface area contributed by atoms with Gasteiger partial charge in [-0.15, -0.1) is 0 Å². The molecule has 16 heavy (non-hydrogen) atoms. The van der Waals surface area contributed by atoms with Gasteiger partial charge >= 0.3 is 12.1 Å². The van der Waals surface area contributed by atoms with Gasteiger partial charge in [0.15, 0.2) is 0 Å². The Labute approximate surface area is 90.8 Å². The van der Waals surface area contributed by atoms with Crippen molar-refractivity contribution in [3.8, 4) is 0 Å². The van der Waals surface area contributed by atoms with Crippen molar-refractivity contribution in [2.45, 2.75) is 26.1 Å². The van der Waals surface area contributed by atoms with Crippen LogP contribution in [-0.4, -0.2) is 23.3 Å². The van der Waals surface area contributed by atoms with Crippen LogP contribution in [0.2, 0.25) is 0 Å². The zero-order valence-corrected chi connectivity index (χ0v) is 8.75. The predicted molar refractivity (Wildman–Crippen MR) is 51.1 cm³/mol. The van der Waals surface area contributed by atoms with E-state index >= 15 is 0 Å². The fourth-order valence-electron chi connectivity index (χ4n) is 1.25. The number of alkyl halides is 3. The van der Waals surface area contributed by atoms with Crippen molar-refractivity contribution in [2.24, 2.45) is 0 Å². The Hall–Kier alpha value is -1.46. The number of hydrogen-bond donors (Lipinski definition) is 0. The number of halogens is 3. The van der Waals surface area contributed by atoms with E-state index in [1.165, 1.54) is 22.9 Å². The van der Waals surface area contributed by atoms with Crippen LogP contribution < -0.4 is 0 Å². The van der Waals surface area contributed by atoms with Crippen molar-refractivity contribution in [2.75, 3.05) is 6.61 Å². The molecule has 0 atom stereocenters. The SMILES string of the molecule is CCOC(=O)c1cccn1CCC(F)(F)F. The van der Waals surface area contributed by atoms with E-state index in [1.807, 2.05) is 0 Å². The van der Waals surface area contributed by atoms with Gasteiger partial charge in [0, 0.05) is 12.7 Å². The second kappa shape index (κ2) is 5.05. The molecular formula is C10H12F3NO2. The summed E-state index contributed by atoms with van der Waals surface area (Å²) < 4.78 is 42.0. The minimum absolute atomic E-state index is 0.145. The summed E-state index contributed by atoms with van der Waals surface area (Å²) in [6, 6.07) is 2.96. The van der Waals surface area contributed by atoms with Crippen molar-refractivity contribution in [3.63, 3.8) is 0 Å². The lowest BCUT2D eigenvalue weighted by Crippen LogP contribution is -2.16. The van der Waals surface area contributed by atoms with Crippen LogP contribution in [0, 0.1) is 0 Å². The molecule has 3 nitrogen and oxygen atoms in total. The normalized spacial score (nSPS) is 11.5. The highest BCUT2D eigenvalue weighted by Crippen LogP contribution is 2.21. The van der Waals surface area contributed by atoms with E-state index in [2.05, 4.69) is 0 Å². The number of aryl methyl sites for hydroxylation is 1. The van der Waals surface area contributed by atoms with E-state index in [0.29, 0.717) is 0 Å². The number of esters is 1. The fraction of sp³-hybridized carbons (Fsp3) is 0.500. The minimum atomic E-state index is -4.23. The third-order valence-electron chi connectivity index (χ3n) is 1.95. The Kier molecular flexibility index (Phi) is 3.98. The summed E-state index contributed by atoms with van der Waals surface area (Å²) in [4.78, 5) is 11.3. The van der Waals surface area contributed by atoms with Crippen LogP contribution in [0.3, 0.4) is 0 Å². The molecule has 0 unspecified atom stereocenters. The van der Waals surface area contributed by atoms with Crippen LogP contribution in [-0.2, 0) is 11.3 Å². The molecule has 90 valence electrons. The number of carbonyl (C=O) groups is 1. The summed E-state index contributed by atoms with van der Waals surface area (Å²) in [6.07, 6.45) is -3.76. The fourth-order valence-corrected chi connectivity index (χ4v) is 1.25. The molecule has 1 aromatic rings. The molecule has 0 amide bonds. The molecule has 0 bridgehead atoms. The van der Waals surface area contributed by atoms with Gasteiger partial charge in [0.25, 0.3) is 0 Å². The third-order valence-corrected chi connectivity index (χ3v) is 1.95. The Bertz CT molecular complexity index is 357. The lowest BCUT2D eigenvalue weighted by Gasteiger charge is -2.10. The van der Waals surface area contributed by atoms with Crippen LogP contribution >= 0.6 is 0 Å². The van der Waals surface area contributed by atoms with Gasteiger partial charge < -0.3 is 9.30 Å². The molecule has 1 heterocycles. The molecule has 0 saturated carbocycles. The van der Waals surface area contributed by atoms with Crippen LogP contribution in [0.5, 0.6) is 0 Å². The number of carbonyl (C=O) groups excluding carboxylic acids is 1. The number of rotatable bonds is 4. The van der Waals surface area contributed by atoms with Gasteiger partial charge in [0.1, 0.15) is 5.69 Å². The molecule has 6 heteroatoms. The van der Waals surface area contributed by atoms with Gasteiger partial charge in [0.2, 0.25) is 0 Å². The number of aromatic nitrogens is 1. The number of ether oxygens (including phenoxy) is 1. The van der Waals surface area contributed by atoms with Crippen molar-refractivity contribution in [1.29, 1.82) is 0 Å². The topological polar surface area (TPSA) is 31.2 Å². The van der Waals surface area contributed by atoms with Crippen molar-refractivity contribution < 1.29 is 22.7 Å². The van der Waals surface area contributed by atoms with E-state index in [0.717, 1.165) is 0 Å². The quantitative estimate of drug-likeness (QED) is 0.751. The summed E-state index contributed by atoms with van der Waals surface area (Å²) in [7, 11) is 0. The van der Waals surface area contributed by atoms with Crippen molar-refractivity contribution in [1.82, 2.24) is 4.57 Å². The molecule has 0 fully saturated rings. The molecule has 0 saturated heterocycles. The molecule has 0 aliphatic carbocycles. The Morgan fingerprint density at radius 1 is 1.50 bits per heavy atom. The summed E-state index contributed by atoms with van der Waals surface area (Å²) in [5.41, 5.74) is 0.145. The first kappa shape index (κ1) is 12.6. The maximum Gasteiger partial charge on any atom is 0.390 e. The van der Waals surface area contributed by atoms with Crippen LogP contribution in [0.15, 0.2) is 18.3 Å². The van der Waals surface area contributed by atoms with Gasteiger partial charge in [-0.3, -0.25) is 0 Å². The molecule has 0 N–H and O–H groups in total. The number of hydrogen-bond acceptors (Lipinski definition) is 2. The van der Waals surface area contributed by atoms with E-state index in [-0.39, 0.29) is 18.8 Å².